The molecule has 2 rings (SSSR count). The van der Waals surface area contributed by atoms with E-state index in [1.54, 1.807) is 36.9 Å². The molecule has 0 radical (unpaired) electrons. The Balaban J connectivity index is 1.86. The summed E-state index contributed by atoms with van der Waals surface area (Å²) in [4.78, 5) is 27.6. The fourth-order valence-electron chi connectivity index (χ4n) is 1.81. The molecule has 7 nitrogen and oxygen atoms in total. The molecule has 0 aliphatic rings. The molecular weight excluding hydrogens is 318 g/mol. The third kappa shape index (κ3) is 4.96. The number of carbonyl (C=O) groups excluding carboxylic acids is 2. The summed E-state index contributed by atoms with van der Waals surface area (Å²) in [6.07, 6.45) is 1.74. The highest BCUT2D eigenvalue weighted by Crippen LogP contribution is 2.29. The number of benzene rings is 1. The number of nitrogens with one attached hydrogen (secondary N) is 2. The number of aromatic nitrogens is 1. The molecule has 0 saturated heterocycles. The highest BCUT2D eigenvalue weighted by molar-refractivity contribution is 7.13. The molecule has 2 N–H and O–H groups in total. The Hall–Kier alpha value is -2.61. The number of rotatable bonds is 7. The summed E-state index contributed by atoms with van der Waals surface area (Å²) >= 11 is 1.32. The number of methoxy groups -OCH3 is 2. The van der Waals surface area contributed by atoms with Crippen LogP contribution >= 0.6 is 11.3 Å². The van der Waals surface area contributed by atoms with E-state index in [2.05, 4.69) is 15.6 Å². The van der Waals surface area contributed by atoms with Crippen LogP contribution in [-0.2, 0) is 9.59 Å². The Morgan fingerprint density at radius 1 is 1.13 bits per heavy atom. The monoisotopic (exact) mass is 335 g/mol. The minimum Gasteiger partial charge on any atom is -0.497 e. The molecule has 2 aromatic rings. The number of hydrogen-bond acceptors (Lipinski definition) is 6. The van der Waals surface area contributed by atoms with Gasteiger partial charge in [0.15, 0.2) is 5.13 Å². The van der Waals surface area contributed by atoms with Gasteiger partial charge < -0.3 is 20.1 Å². The van der Waals surface area contributed by atoms with Gasteiger partial charge >= 0.3 is 0 Å². The van der Waals surface area contributed by atoms with Gasteiger partial charge in [0.05, 0.1) is 19.9 Å². The van der Waals surface area contributed by atoms with Crippen LogP contribution in [0.3, 0.4) is 0 Å². The Kier molecular flexibility index (Phi) is 5.93. The predicted molar refractivity (Wildman–Crippen MR) is 88.2 cm³/mol. The second kappa shape index (κ2) is 8.14. The normalized spacial score (nSPS) is 10.0. The average Bonchev–Trinajstić information content (AvgIpc) is 3.06. The first-order chi connectivity index (χ1) is 11.1. The topological polar surface area (TPSA) is 89.5 Å². The third-order valence-corrected chi connectivity index (χ3v) is 3.63. The summed E-state index contributed by atoms with van der Waals surface area (Å²) in [6, 6.07) is 5.07. The van der Waals surface area contributed by atoms with E-state index in [9.17, 15) is 9.59 Å². The average molecular weight is 335 g/mol. The van der Waals surface area contributed by atoms with Crippen LogP contribution in [0.1, 0.15) is 12.8 Å². The molecule has 0 atom stereocenters. The zero-order chi connectivity index (χ0) is 16.7. The van der Waals surface area contributed by atoms with Gasteiger partial charge in [0.25, 0.3) is 0 Å². The van der Waals surface area contributed by atoms with Gasteiger partial charge in [0.2, 0.25) is 11.8 Å². The SMILES string of the molecule is COc1ccc(NC(=O)CCC(=O)Nc2nccs2)c(OC)c1. The molecule has 0 aliphatic carbocycles. The van der Waals surface area contributed by atoms with Crippen molar-refractivity contribution in [3.8, 4) is 11.5 Å². The standard InChI is InChI=1S/C15H17N3O4S/c1-21-10-3-4-11(12(9-10)22-2)17-13(19)5-6-14(20)18-15-16-7-8-23-15/h3-4,7-9H,5-6H2,1-2H3,(H,17,19)(H,16,18,20). The zero-order valence-electron chi connectivity index (χ0n) is 12.8. The molecule has 0 unspecified atom stereocenters. The quantitative estimate of drug-likeness (QED) is 0.811. The maximum absolute atomic E-state index is 12.0. The van der Waals surface area contributed by atoms with Crippen molar-refractivity contribution in [2.75, 3.05) is 24.9 Å². The van der Waals surface area contributed by atoms with Crippen LogP contribution in [0.25, 0.3) is 0 Å². The summed E-state index contributed by atoms with van der Waals surface area (Å²) < 4.78 is 10.3. The van der Waals surface area contributed by atoms with Gasteiger partial charge in [0.1, 0.15) is 11.5 Å². The summed E-state index contributed by atoms with van der Waals surface area (Å²) in [5.41, 5.74) is 0.527. The molecule has 8 heteroatoms. The van der Waals surface area contributed by atoms with Crippen LogP contribution < -0.4 is 20.1 Å². The lowest BCUT2D eigenvalue weighted by Gasteiger charge is -2.11. The van der Waals surface area contributed by atoms with E-state index < -0.39 is 0 Å². The molecule has 0 saturated carbocycles. The lowest BCUT2D eigenvalue weighted by Crippen LogP contribution is -2.17. The van der Waals surface area contributed by atoms with Crippen molar-refractivity contribution < 1.29 is 19.1 Å². The third-order valence-electron chi connectivity index (χ3n) is 2.94. The molecule has 0 aliphatic heterocycles. The first-order valence-electron chi connectivity index (χ1n) is 6.83. The van der Waals surface area contributed by atoms with Crippen molar-refractivity contribution in [1.82, 2.24) is 4.98 Å². The van der Waals surface area contributed by atoms with Crippen LogP contribution in [-0.4, -0.2) is 31.0 Å². The lowest BCUT2D eigenvalue weighted by atomic mass is 10.2. The lowest BCUT2D eigenvalue weighted by molar-refractivity contribution is -0.121. The van der Waals surface area contributed by atoms with Crippen molar-refractivity contribution in [2.45, 2.75) is 12.8 Å². The summed E-state index contributed by atoms with van der Waals surface area (Å²) in [7, 11) is 3.06. The molecule has 1 heterocycles. The molecule has 0 spiro atoms. The highest BCUT2D eigenvalue weighted by atomic mass is 32.1. The first-order valence-corrected chi connectivity index (χ1v) is 7.71. The summed E-state index contributed by atoms with van der Waals surface area (Å²) in [6.45, 7) is 0. The number of anilines is 2. The van der Waals surface area contributed by atoms with E-state index >= 15 is 0 Å². The predicted octanol–water partition coefficient (Wildman–Crippen LogP) is 2.52. The van der Waals surface area contributed by atoms with Gasteiger partial charge in [0, 0.05) is 30.5 Å². The number of carbonyl (C=O) groups is 2. The van der Waals surface area contributed by atoms with E-state index in [4.69, 9.17) is 9.47 Å². The van der Waals surface area contributed by atoms with Crippen molar-refractivity contribution in [3.05, 3.63) is 29.8 Å². The first kappa shape index (κ1) is 16.8. The molecule has 2 amide bonds. The summed E-state index contributed by atoms with van der Waals surface area (Å²) in [5, 5.41) is 7.62. The fraction of sp³-hybridized carbons (Fsp3) is 0.267. The molecule has 122 valence electrons. The van der Waals surface area contributed by atoms with Crippen molar-refractivity contribution >= 4 is 34.0 Å². The number of amides is 2. The Morgan fingerprint density at radius 2 is 1.87 bits per heavy atom. The Morgan fingerprint density at radius 3 is 2.48 bits per heavy atom. The molecule has 0 bridgehead atoms. The van der Waals surface area contributed by atoms with Crippen LogP contribution in [0.2, 0.25) is 0 Å². The molecule has 0 fully saturated rings. The second-order valence-electron chi connectivity index (χ2n) is 4.50. The minimum atomic E-state index is -0.275. The molecular formula is C15H17N3O4S. The van der Waals surface area contributed by atoms with Gasteiger partial charge in [-0.1, -0.05) is 0 Å². The van der Waals surface area contributed by atoms with E-state index in [1.807, 2.05) is 0 Å². The highest BCUT2D eigenvalue weighted by Gasteiger charge is 2.11. The van der Waals surface area contributed by atoms with Gasteiger partial charge in [-0.25, -0.2) is 4.98 Å². The van der Waals surface area contributed by atoms with Crippen LogP contribution in [0.15, 0.2) is 29.8 Å². The molecule has 1 aromatic heterocycles. The van der Waals surface area contributed by atoms with E-state index in [0.29, 0.717) is 22.3 Å². The van der Waals surface area contributed by atoms with Crippen molar-refractivity contribution in [1.29, 1.82) is 0 Å². The van der Waals surface area contributed by atoms with Gasteiger partial charge in [-0.2, -0.15) is 0 Å². The molecule has 23 heavy (non-hydrogen) atoms. The van der Waals surface area contributed by atoms with E-state index in [1.165, 1.54) is 18.4 Å². The second-order valence-corrected chi connectivity index (χ2v) is 5.39. The minimum absolute atomic E-state index is 0.0619. The fourth-order valence-corrected chi connectivity index (χ4v) is 2.35. The number of hydrogen-bond donors (Lipinski definition) is 2. The van der Waals surface area contributed by atoms with Crippen LogP contribution in [0, 0.1) is 0 Å². The number of nitrogens with zero attached hydrogens (tertiary/aromatic N) is 1. The Bertz CT molecular complexity index is 673. The maximum atomic E-state index is 12.0. The maximum Gasteiger partial charge on any atom is 0.226 e. The molecule has 1 aromatic carbocycles. The van der Waals surface area contributed by atoms with E-state index in [-0.39, 0.29) is 24.7 Å². The zero-order valence-corrected chi connectivity index (χ0v) is 13.6. The largest absolute Gasteiger partial charge is 0.497 e. The number of thiazole rings is 1. The number of ether oxygens (including phenoxy) is 2. The van der Waals surface area contributed by atoms with Crippen LogP contribution in [0.5, 0.6) is 11.5 Å². The summed E-state index contributed by atoms with van der Waals surface area (Å²) in [5.74, 6) is 0.590. The van der Waals surface area contributed by atoms with E-state index in [0.717, 1.165) is 0 Å². The van der Waals surface area contributed by atoms with Crippen LogP contribution in [0.4, 0.5) is 10.8 Å². The van der Waals surface area contributed by atoms with Gasteiger partial charge in [-0.3, -0.25) is 9.59 Å². The van der Waals surface area contributed by atoms with Gasteiger partial charge in [-0.05, 0) is 12.1 Å². The Labute approximate surface area is 137 Å². The van der Waals surface area contributed by atoms with Gasteiger partial charge in [-0.15, -0.1) is 11.3 Å². The smallest absolute Gasteiger partial charge is 0.226 e. The van der Waals surface area contributed by atoms with Crippen molar-refractivity contribution in [2.24, 2.45) is 0 Å². The van der Waals surface area contributed by atoms with Crippen molar-refractivity contribution in [3.63, 3.8) is 0 Å².